The molecule has 0 saturated carbocycles. The van der Waals surface area contributed by atoms with E-state index in [0.717, 1.165) is 38.4 Å². The molecule has 1 aromatic rings. The van der Waals surface area contributed by atoms with Crippen molar-refractivity contribution in [1.29, 1.82) is 0 Å². The van der Waals surface area contributed by atoms with Gasteiger partial charge >= 0.3 is 0 Å². The molecular formula is C14H20N2O. The Hall–Kier alpha value is -1.22. The molecule has 1 aromatic carbocycles. The Kier molecular flexibility index (Phi) is 2.51. The van der Waals surface area contributed by atoms with Crippen LogP contribution in [0.3, 0.4) is 0 Å². The summed E-state index contributed by atoms with van der Waals surface area (Å²) in [5.74, 6) is 0. The molecular weight excluding hydrogens is 212 g/mol. The first-order valence-corrected chi connectivity index (χ1v) is 6.43. The molecule has 2 heterocycles. The fraction of sp³-hybridized carbons (Fsp3) is 0.571. The van der Waals surface area contributed by atoms with E-state index in [9.17, 15) is 0 Å². The zero-order valence-electron chi connectivity index (χ0n) is 10.4. The predicted octanol–water partition coefficient (Wildman–Crippen LogP) is 2.06. The third kappa shape index (κ3) is 1.78. The van der Waals surface area contributed by atoms with Gasteiger partial charge in [-0.05, 0) is 36.6 Å². The first-order chi connectivity index (χ1) is 8.22. The quantitative estimate of drug-likeness (QED) is 0.811. The number of nitrogens with two attached hydrogens (primary N) is 1. The fourth-order valence-electron chi connectivity index (χ4n) is 2.86. The summed E-state index contributed by atoms with van der Waals surface area (Å²) in [5, 5.41) is 0. The van der Waals surface area contributed by atoms with Crippen molar-refractivity contribution in [2.24, 2.45) is 5.41 Å². The average molecular weight is 232 g/mol. The molecule has 0 atom stereocenters. The van der Waals surface area contributed by atoms with Crippen molar-refractivity contribution < 1.29 is 4.74 Å². The molecule has 17 heavy (non-hydrogen) atoms. The van der Waals surface area contributed by atoms with E-state index in [0.29, 0.717) is 5.41 Å². The number of benzene rings is 1. The van der Waals surface area contributed by atoms with Gasteiger partial charge in [0, 0.05) is 29.9 Å². The van der Waals surface area contributed by atoms with Crippen molar-refractivity contribution in [3.63, 3.8) is 0 Å². The van der Waals surface area contributed by atoms with Crippen molar-refractivity contribution in [3.8, 4) is 0 Å². The van der Waals surface area contributed by atoms with Crippen LogP contribution in [0.2, 0.25) is 0 Å². The zero-order valence-corrected chi connectivity index (χ0v) is 10.4. The molecule has 0 aliphatic carbocycles. The average Bonchev–Trinajstić information content (AvgIpc) is 2.66. The van der Waals surface area contributed by atoms with Gasteiger partial charge in [0.15, 0.2) is 0 Å². The normalized spacial score (nSPS) is 21.1. The molecule has 92 valence electrons. The maximum Gasteiger partial charge on any atom is 0.0561 e. The predicted molar refractivity (Wildman–Crippen MR) is 70.3 cm³/mol. The lowest BCUT2D eigenvalue weighted by Crippen LogP contribution is -2.50. The second-order valence-electron chi connectivity index (χ2n) is 5.41. The molecule has 2 aliphatic rings. The molecule has 1 saturated heterocycles. The summed E-state index contributed by atoms with van der Waals surface area (Å²) in [6, 6.07) is 6.29. The Bertz CT molecular complexity index is 421. The third-order valence-electron chi connectivity index (χ3n) is 4.19. The molecule has 0 unspecified atom stereocenters. The van der Waals surface area contributed by atoms with E-state index >= 15 is 0 Å². The number of anilines is 2. The lowest BCUT2D eigenvalue weighted by atomic mass is 9.82. The van der Waals surface area contributed by atoms with E-state index in [1.54, 1.807) is 0 Å². The third-order valence-corrected chi connectivity index (χ3v) is 4.19. The van der Waals surface area contributed by atoms with E-state index in [2.05, 4.69) is 24.0 Å². The standard InChI is InChI=1S/C14H20N2O/c1-2-14(9-17-10-14)8-16-6-5-11-7-12(15)3-4-13(11)16/h3-4,7H,2,5-6,8-10,15H2,1H3. The molecule has 2 aliphatic heterocycles. The lowest BCUT2D eigenvalue weighted by molar-refractivity contribution is -0.109. The summed E-state index contributed by atoms with van der Waals surface area (Å²) in [6.45, 7) is 6.36. The van der Waals surface area contributed by atoms with E-state index in [1.807, 2.05) is 6.07 Å². The van der Waals surface area contributed by atoms with Gasteiger partial charge in [-0.2, -0.15) is 0 Å². The van der Waals surface area contributed by atoms with Gasteiger partial charge in [0.1, 0.15) is 0 Å². The minimum atomic E-state index is 0.392. The molecule has 0 radical (unpaired) electrons. The molecule has 2 N–H and O–H groups in total. The largest absolute Gasteiger partial charge is 0.399 e. The Balaban J connectivity index is 1.79. The molecule has 3 rings (SSSR count). The van der Waals surface area contributed by atoms with Crippen LogP contribution in [0, 0.1) is 5.41 Å². The SMILES string of the molecule is CCC1(CN2CCc3cc(N)ccc32)COC1. The molecule has 1 fully saturated rings. The van der Waals surface area contributed by atoms with Crippen molar-refractivity contribution in [1.82, 2.24) is 0 Å². The van der Waals surface area contributed by atoms with Gasteiger partial charge in [-0.3, -0.25) is 0 Å². The van der Waals surface area contributed by atoms with Crippen LogP contribution in [-0.4, -0.2) is 26.3 Å². The Morgan fingerprint density at radius 1 is 1.41 bits per heavy atom. The molecule has 0 aromatic heterocycles. The minimum Gasteiger partial charge on any atom is -0.399 e. The summed E-state index contributed by atoms with van der Waals surface area (Å²) in [5.41, 5.74) is 9.87. The van der Waals surface area contributed by atoms with Crippen LogP contribution in [0.25, 0.3) is 0 Å². The molecule has 0 amide bonds. The maximum atomic E-state index is 5.83. The zero-order chi connectivity index (χ0) is 11.9. The van der Waals surface area contributed by atoms with Crippen LogP contribution < -0.4 is 10.6 Å². The lowest BCUT2D eigenvalue weighted by Gasteiger charge is -2.44. The fourth-order valence-corrected chi connectivity index (χ4v) is 2.86. The highest BCUT2D eigenvalue weighted by Gasteiger charge is 2.39. The van der Waals surface area contributed by atoms with E-state index < -0.39 is 0 Å². The van der Waals surface area contributed by atoms with Crippen LogP contribution in [0.5, 0.6) is 0 Å². The number of hydrogen-bond donors (Lipinski definition) is 1. The van der Waals surface area contributed by atoms with Crippen molar-refractivity contribution in [2.75, 3.05) is 36.9 Å². The Morgan fingerprint density at radius 3 is 2.88 bits per heavy atom. The van der Waals surface area contributed by atoms with Gasteiger partial charge in [0.25, 0.3) is 0 Å². The van der Waals surface area contributed by atoms with Gasteiger partial charge in [0.05, 0.1) is 13.2 Å². The highest BCUT2D eigenvalue weighted by atomic mass is 16.5. The first-order valence-electron chi connectivity index (χ1n) is 6.43. The summed E-state index contributed by atoms with van der Waals surface area (Å²) in [4.78, 5) is 2.50. The van der Waals surface area contributed by atoms with Crippen LogP contribution >= 0.6 is 0 Å². The van der Waals surface area contributed by atoms with E-state index in [1.165, 1.54) is 17.7 Å². The number of hydrogen-bond acceptors (Lipinski definition) is 3. The highest BCUT2D eigenvalue weighted by Crippen LogP contribution is 2.37. The van der Waals surface area contributed by atoms with Crippen molar-refractivity contribution >= 4 is 11.4 Å². The topological polar surface area (TPSA) is 38.5 Å². The highest BCUT2D eigenvalue weighted by molar-refractivity contribution is 5.63. The Morgan fingerprint density at radius 2 is 2.24 bits per heavy atom. The number of nitrogen functional groups attached to an aromatic ring is 1. The van der Waals surface area contributed by atoms with Gasteiger partial charge in [-0.1, -0.05) is 6.92 Å². The molecule has 3 heteroatoms. The smallest absolute Gasteiger partial charge is 0.0561 e. The number of ether oxygens (including phenoxy) is 1. The number of rotatable bonds is 3. The van der Waals surface area contributed by atoms with Crippen LogP contribution in [0.4, 0.5) is 11.4 Å². The second-order valence-corrected chi connectivity index (χ2v) is 5.41. The van der Waals surface area contributed by atoms with Crippen molar-refractivity contribution in [3.05, 3.63) is 23.8 Å². The number of fused-ring (bicyclic) bond motifs is 1. The van der Waals surface area contributed by atoms with Gasteiger partial charge in [-0.15, -0.1) is 0 Å². The monoisotopic (exact) mass is 232 g/mol. The van der Waals surface area contributed by atoms with Gasteiger partial charge < -0.3 is 15.4 Å². The van der Waals surface area contributed by atoms with E-state index in [-0.39, 0.29) is 0 Å². The van der Waals surface area contributed by atoms with Crippen molar-refractivity contribution in [2.45, 2.75) is 19.8 Å². The van der Waals surface area contributed by atoms with Crippen LogP contribution in [0.15, 0.2) is 18.2 Å². The van der Waals surface area contributed by atoms with Gasteiger partial charge in [0.2, 0.25) is 0 Å². The number of nitrogens with zero attached hydrogens (tertiary/aromatic N) is 1. The van der Waals surface area contributed by atoms with Crippen LogP contribution in [0.1, 0.15) is 18.9 Å². The molecule has 0 spiro atoms. The summed E-state index contributed by atoms with van der Waals surface area (Å²) < 4.78 is 5.40. The van der Waals surface area contributed by atoms with Gasteiger partial charge in [-0.25, -0.2) is 0 Å². The summed E-state index contributed by atoms with van der Waals surface area (Å²) >= 11 is 0. The van der Waals surface area contributed by atoms with Crippen LogP contribution in [-0.2, 0) is 11.2 Å². The molecule has 3 nitrogen and oxygen atoms in total. The molecule has 0 bridgehead atoms. The van der Waals surface area contributed by atoms with E-state index in [4.69, 9.17) is 10.5 Å². The minimum absolute atomic E-state index is 0.392. The second kappa shape index (κ2) is 3.91. The Labute approximate surface area is 103 Å². The summed E-state index contributed by atoms with van der Waals surface area (Å²) in [7, 11) is 0. The maximum absolute atomic E-state index is 5.83. The summed E-state index contributed by atoms with van der Waals surface area (Å²) in [6.07, 6.45) is 2.33. The first kappa shape index (κ1) is 10.9.